The first-order valence-corrected chi connectivity index (χ1v) is 6.69. The van der Waals surface area contributed by atoms with Gasteiger partial charge in [-0.2, -0.15) is 0 Å². The summed E-state index contributed by atoms with van der Waals surface area (Å²) in [6.45, 7) is 4.77. The number of aliphatic carboxylic acids is 1. The fourth-order valence-corrected chi connectivity index (χ4v) is 1.32. The monoisotopic (exact) mass is 284 g/mol. The van der Waals surface area contributed by atoms with E-state index in [2.05, 4.69) is 34.4 Å². The van der Waals surface area contributed by atoms with Crippen molar-refractivity contribution in [2.45, 2.75) is 39.2 Å². The first kappa shape index (κ1) is 18.1. The van der Waals surface area contributed by atoms with Gasteiger partial charge in [0.05, 0.1) is 6.33 Å². The third-order valence-corrected chi connectivity index (χ3v) is 2.21. The summed E-state index contributed by atoms with van der Waals surface area (Å²) in [7, 11) is 1.73. The van der Waals surface area contributed by atoms with E-state index in [4.69, 9.17) is 5.11 Å². The molecule has 1 amide bonds. The summed E-state index contributed by atoms with van der Waals surface area (Å²) < 4.78 is 0. The van der Waals surface area contributed by atoms with Gasteiger partial charge < -0.3 is 20.7 Å². The molecule has 0 saturated carbocycles. The SMILES string of the molecule is CCC.CNCCC(=O)N[C@@H](Cc1cnc[nH]1)C(=O)O. The van der Waals surface area contributed by atoms with Crippen LogP contribution in [0.2, 0.25) is 0 Å². The number of amides is 1. The molecule has 0 aliphatic heterocycles. The highest BCUT2D eigenvalue weighted by molar-refractivity contribution is 5.83. The lowest BCUT2D eigenvalue weighted by Crippen LogP contribution is -2.43. The van der Waals surface area contributed by atoms with Crippen molar-refractivity contribution in [3.05, 3.63) is 18.2 Å². The van der Waals surface area contributed by atoms with E-state index in [0.29, 0.717) is 12.2 Å². The number of H-pyrrole nitrogens is 1. The topological polar surface area (TPSA) is 107 Å². The highest BCUT2D eigenvalue weighted by Gasteiger charge is 2.20. The molecule has 0 spiro atoms. The summed E-state index contributed by atoms with van der Waals surface area (Å²) in [4.78, 5) is 29.0. The van der Waals surface area contributed by atoms with E-state index in [9.17, 15) is 9.59 Å². The highest BCUT2D eigenvalue weighted by Crippen LogP contribution is 1.99. The van der Waals surface area contributed by atoms with E-state index in [1.807, 2.05) is 0 Å². The van der Waals surface area contributed by atoms with Crippen molar-refractivity contribution in [2.75, 3.05) is 13.6 Å². The summed E-state index contributed by atoms with van der Waals surface area (Å²) in [6, 6.07) is -0.931. The molecule has 0 radical (unpaired) electrons. The van der Waals surface area contributed by atoms with Crippen LogP contribution in [0.15, 0.2) is 12.5 Å². The Morgan fingerprint density at radius 2 is 2.10 bits per heavy atom. The number of carboxylic acid groups (broad SMARTS) is 1. The molecule has 20 heavy (non-hydrogen) atoms. The number of nitrogens with zero attached hydrogens (tertiary/aromatic N) is 1. The number of hydrogen-bond donors (Lipinski definition) is 4. The second-order valence-electron chi connectivity index (χ2n) is 4.30. The van der Waals surface area contributed by atoms with E-state index in [1.54, 1.807) is 7.05 Å². The maximum atomic E-state index is 11.4. The minimum Gasteiger partial charge on any atom is -0.480 e. The van der Waals surface area contributed by atoms with Gasteiger partial charge in [-0.25, -0.2) is 9.78 Å². The van der Waals surface area contributed by atoms with Gasteiger partial charge in [-0.3, -0.25) is 4.79 Å². The maximum absolute atomic E-state index is 11.4. The minimum absolute atomic E-state index is 0.195. The van der Waals surface area contributed by atoms with Crippen LogP contribution >= 0.6 is 0 Å². The summed E-state index contributed by atoms with van der Waals surface area (Å²) in [5.74, 6) is -1.34. The molecule has 0 unspecified atom stereocenters. The number of carboxylic acids is 1. The number of carbonyl (C=O) groups excluding carboxylic acids is 1. The largest absolute Gasteiger partial charge is 0.480 e. The average molecular weight is 284 g/mol. The lowest BCUT2D eigenvalue weighted by atomic mass is 10.1. The summed E-state index contributed by atoms with van der Waals surface area (Å²) in [5, 5.41) is 14.3. The molecule has 7 heteroatoms. The average Bonchev–Trinajstić information content (AvgIpc) is 2.89. The fraction of sp³-hybridized carbons (Fsp3) is 0.615. The molecule has 0 aromatic carbocycles. The normalized spacial score (nSPS) is 11.2. The number of aromatic nitrogens is 2. The molecule has 7 nitrogen and oxygen atoms in total. The van der Waals surface area contributed by atoms with E-state index < -0.39 is 12.0 Å². The molecule has 0 bridgehead atoms. The van der Waals surface area contributed by atoms with Crippen molar-refractivity contribution in [1.82, 2.24) is 20.6 Å². The van der Waals surface area contributed by atoms with Crippen molar-refractivity contribution in [1.29, 1.82) is 0 Å². The van der Waals surface area contributed by atoms with Gasteiger partial charge in [0, 0.05) is 31.3 Å². The zero-order chi connectivity index (χ0) is 15.4. The fourth-order valence-electron chi connectivity index (χ4n) is 1.32. The molecule has 0 saturated heterocycles. The molecule has 0 fully saturated rings. The number of nitrogens with one attached hydrogen (secondary N) is 3. The van der Waals surface area contributed by atoms with E-state index in [-0.39, 0.29) is 18.7 Å². The van der Waals surface area contributed by atoms with Gasteiger partial charge in [-0.05, 0) is 7.05 Å². The quantitative estimate of drug-likeness (QED) is 0.585. The van der Waals surface area contributed by atoms with Gasteiger partial charge in [0.25, 0.3) is 0 Å². The predicted octanol–water partition coefficient (Wildman–Crippen LogP) is 0.547. The van der Waals surface area contributed by atoms with Crippen LogP contribution in [0.3, 0.4) is 0 Å². The van der Waals surface area contributed by atoms with Gasteiger partial charge in [-0.15, -0.1) is 0 Å². The molecule has 114 valence electrons. The van der Waals surface area contributed by atoms with E-state index in [1.165, 1.54) is 18.9 Å². The Kier molecular flexibility index (Phi) is 9.94. The van der Waals surface area contributed by atoms with E-state index in [0.717, 1.165) is 0 Å². The Balaban J connectivity index is 0.00000110. The Labute approximate surface area is 119 Å². The number of imidazole rings is 1. The van der Waals surface area contributed by atoms with Crippen LogP contribution in [0.5, 0.6) is 0 Å². The molecule has 1 aromatic heterocycles. The Morgan fingerprint density at radius 1 is 1.45 bits per heavy atom. The molecule has 1 aromatic rings. The van der Waals surface area contributed by atoms with Crippen LogP contribution in [0.1, 0.15) is 32.4 Å². The van der Waals surface area contributed by atoms with Crippen LogP contribution in [-0.4, -0.2) is 46.6 Å². The molecule has 1 atom stereocenters. The van der Waals surface area contributed by atoms with Crippen molar-refractivity contribution >= 4 is 11.9 Å². The molecular weight excluding hydrogens is 260 g/mol. The van der Waals surface area contributed by atoms with Crippen LogP contribution < -0.4 is 10.6 Å². The zero-order valence-corrected chi connectivity index (χ0v) is 12.3. The first-order chi connectivity index (χ1) is 9.54. The van der Waals surface area contributed by atoms with Crippen molar-refractivity contribution in [3.63, 3.8) is 0 Å². The maximum Gasteiger partial charge on any atom is 0.326 e. The van der Waals surface area contributed by atoms with Gasteiger partial charge in [0.2, 0.25) is 5.91 Å². The minimum atomic E-state index is -1.06. The lowest BCUT2D eigenvalue weighted by molar-refractivity contribution is -0.141. The Morgan fingerprint density at radius 3 is 2.55 bits per heavy atom. The van der Waals surface area contributed by atoms with Crippen molar-refractivity contribution in [2.24, 2.45) is 0 Å². The van der Waals surface area contributed by atoms with Gasteiger partial charge in [0.1, 0.15) is 6.04 Å². The summed E-state index contributed by atoms with van der Waals surface area (Å²) >= 11 is 0. The molecule has 0 aliphatic carbocycles. The number of carbonyl (C=O) groups is 2. The van der Waals surface area contributed by atoms with Crippen LogP contribution in [0, 0.1) is 0 Å². The second kappa shape index (κ2) is 11.0. The molecule has 4 N–H and O–H groups in total. The Hall–Kier alpha value is -1.89. The van der Waals surface area contributed by atoms with Crippen LogP contribution in [0.25, 0.3) is 0 Å². The smallest absolute Gasteiger partial charge is 0.326 e. The Bertz CT molecular complexity index is 379. The third-order valence-electron chi connectivity index (χ3n) is 2.21. The van der Waals surface area contributed by atoms with E-state index >= 15 is 0 Å². The molecular formula is C13H24N4O3. The lowest BCUT2D eigenvalue weighted by Gasteiger charge is -2.13. The van der Waals surface area contributed by atoms with Crippen molar-refractivity contribution < 1.29 is 14.7 Å². The molecule has 1 heterocycles. The number of rotatable bonds is 7. The van der Waals surface area contributed by atoms with Crippen LogP contribution in [0.4, 0.5) is 0 Å². The van der Waals surface area contributed by atoms with Crippen LogP contribution in [-0.2, 0) is 16.0 Å². The predicted molar refractivity (Wildman–Crippen MR) is 76.4 cm³/mol. The summed E-state index contributed by atoms with van der Waals surface area (Å²) in [6.07, 6.45) is 4.71. The third kappa shape index (κ3) is 8.25. The zero-order valence-electron chi connectivity index (χ0n) is 12.3. The molecule has 0 aliphatic rings. The second-order valence-corrected chi connectivity index (χ2v) is 4.30. The standard InChI is InChI=1S/C10H16N4O3.C3H8/c1-11-3-2-9(15)14-8(10(16)17)4-7-5-12-6-13-7;1-3-2/h5-6,8,11H,2-4H2,1H3,(H,12,13)(H,14,15)(H,16,17);3H2,1-2H3/t8-;/m0./s1. The van der Waals surface area contributed by atoms with Gasteiger partial charge >= 0.3 is 5.97 Å². The highest BCUT2D eigenvalue weighted by atomic mass is 16.4. The van der Waals surface area contributed by atoms with Crippen molar-refractivity contribution in [3.8, 4) is 0 Å². The molecule has 1 rings (SSSR count). The summed E-state index contributed by atoms with van der Waals surface area (Å²) in [5.41, 5.74) is 0.673. The van der Waals surface area contributed by atoms with Gasteiger partial charge in [-0.1, -0.05) is 20.3 Å². The first-order valence-electron chi connectivity index (χ1n) is 6.69. The number of hydrogen-bond acceptors (Lipinski definition) is 4. The number of aromatic amines is 1. The van der Waals surface area contributed by atoms with Gasteiger partial charge in [0.15, 0.2) is 0 Å².